The fraction of sp³-hybridized carbons (Fsp3) is 0.400. The van der Waals surface area contributed by atoms with Crippen LogP contribution in [0, 0.1) is 5.82 Å². The first-order valence-corrected chi connectivity index (χ1v) is 9.02. The van der Waals surface area contributed by atoms with E-state index in [9.17, 15) is 9.18 Å². The number of nitrogens with zero attached hydrogens (tertiary/aromatic N) is 3. The lowest BCUT2D eigenvalue weighted by Crippen LogP contribution is -2.46. The molecule has 1 N–H and O–H groups in total. The Bertz CT molecular complexity index is 781. The zero-order chi connectivity index (χ0) is 19.4. The van der Waals surface area contributed by atoms with Crippen molar-refractivity contribution in [1.82, 2.24) is 4.98 Å². The van der Waals surface area contributed by atoms with Gasteiger partial charge in [-0.3, -0.25) is 5.32 Å². The first-order valence-electron chi connectivity index (χ1n) is 9.02. The van der Waals surface area contributed by atoms with E-state index in [1.54, 1.807) is 18.3 Å². The Kier molecular flexibility index (Phi) is 5.48. The molecule has 1 aliphatic rings. The number of para-hydroxylation sites is 1. The molecule has 0 radical (unpaired) electrons. The molecule has 2 aromatic rings. The summed E-state index contributed by atoms with van der Waals surface area (Å²) >= 11 is 0. The SMILES string of the molecule is CC(C)(C)OC(=O)Nc1ccc(N2CCN(c3ccccc3F)CC2)cn1. The van der Waals surface area contributed by atoms with Gasteiger partial charge < -0.3 is 14.5 Å². The summed E-state index contributed by atoms with van der Waals surface area (Å²) < 4.78 is 19.2. The molecule has 1 amide bonds. The maximum absolute atomic E-state index is 13.9. The standard InChI is InChI=1S/C20H25FN4O2/c1-20(2,3)27-19(26)23-18-9-8-15(14-22-18)24-10-12-25(13-11-24)17-7-5-4-6-16(17)21/h4-9,14H,10-13H2,1-3H3,(H,22,23,26). The third-order valence-electron chi connectivity index (χ3n) is 4.21. The van der Waals surface area contributed by atoms with Gasteiger partial charge in [-0.2, -0.15) is 0 Å². The number of nitrogens with one attached hydrogen (secondary N) is 1. The second kappa shape index (κ2) is 7.82. The molecule has 7 heteroatoms. The van der Waals surface area contributed by atoms with Crippen LogP contribution in [0.15, 0.2) is 42.6 Å². The quantitative estimate of drug-likeness (QED) is 0.886. The predicted molar refractivity (Wildman–Crippen MR) is 105 cm³/mol. The van der Waals surface area contributed by atoms with Crippen LogP contribution in [-0.2, 0) is 4.74 Å². The predicted octanol–water partition coefficient (Wildman–Crippen LogP) is 3.89. The van der Waals surface area contributed by atoms with Crippen LogP contribution >= 0.6 is 0 Å². The molecule has 2 heterocycles. The number of halogens is 1. The summed E-state index contributed by atoms with van der Waals surface area (Å²) in [6.07, 6.45) is 1.20. The van der Waals surface area contributed by atoms with Crippen LogP contribution in [0.2, 0.25) is 0 Å². The minimum absolute atomic E-state index is 0.190. The van der Waals surface area contributed by atoms with Crippen LogP contribution in [0.25, 0.3) is 0 Å². The normalized spacial score (nSPS) is 14.8. The van der Waals surface area contributed by atoms with Crippen LogP contribution in [0.1, 0.15) is 20.8 Å². The van der Waals surface area contributed by atoms with E-state index in [-0.39, 0.29) is 5.82 Å². The maximum Gasteiger partial charge on any atom is 0.413 e. The van der Waals surface area contributed by atoms with Gasteiger partial charge in [0.25, 0.3) is 0 Å². The third-order valence-corrected chi connectivity index (χ3v) is 4.21. The first-order chi connectivity index (χ1) is 12.8. The molecule has 0 bridgehead atoms. The van der Waals surface area contributed by atoms with E-state index in [1.807, 2.05) is 39.0 Å². The molecule has 1 saturated heterocycles. The maximum atomic E-state index is 13.9. The van der Waals surface area contributed by atoms with Crippen LogP contribution in [0.4, 0.5) is 26.4 Å². The second-order valence-corrected chi connectivity index (χ2v) is 7.45. The van der Waals surface area contributed by atoms with Crippen LogP contribution in [0.3, 0.4) is 0 Å². The zero-order valence-electron chi connectivity index (χ0n) is 15.9. The molecule has 1 aliphatic heterocycles. The second-order valence-electron chi connectivity index (χ2n) is 7.45. The van der Waals surface area contributed by atoms with E-state index in [0.29, 0.717) is 11.5 Å². The number of piperazine rings is 1. The number of carbonyl (C=O) groups is 1. The summed E-state index contributed by atoms with van der Waals surface area (Å²) in [7, 11) is 0. The van der Waals surface area contributed by atoms with E-state index in [4.69, 9.17) is 4.74 Å². The third kappa shape index (κ3) is 5.09. The van der Waals surface area contributed by atoms with Crippen molar-refractivity contribution < 1.29 is 13.9 Å². The van der Waals surface area contributed by atoms with Gasteiger partial charge in [-0.05, 0) is 45.0 Å². The molecule has 6 nitrogen and oxygen atoms in total. The summed E-state index contributed by atoms with van der Waals surface area (Å²) in [5.41, 5.74) is 1.06. The highest BCUT2D eigenvalue weighted by atomic mass is 19.1. The van der Waals surface area contributed by atoms with E-state index < -0.39 is 11.7 Å². The van der Waals surface area contributed by atoms with Crippen molar-refractivity contribution >= 4 is 23.3 Å². The Balaban J connectivity index is 1.56. The Morgan fingerprint density at radius 3 is 2.33 bits per heavy atom. The Hall–Kier alpha value is -2.83. The van der Waals surface area contributed by atoms with Crippen molar-refractivity contribution in [3.05, 3.63) is 48.4 Å². The first kappa shape index (κ1) is 18.9. The molecule has 3 rings (SSSR count). The van der Waals surface area contributed by atoms with Crippen molar-refractivity contribution in [1.29, 1.82) is 0 Å². The molecular formula is C20H25FN4O2. The molecule has 27 heavy (non-hydrogen) atoms. The number of amides is 1. The lowest BCUT2D eigenvalue weighted by atomic mass is 10.2. The van der Waals surface area contributed by atoms with E-state index in [0.717, 1.165) is 31.9 Å². The topological polar surface area (TPSA) is 57.7 Å². The number of ether oxygens (including phenoxy) is 1. The number of hydrogen-bond donors (Lipinski definition) is 1. The molecule has 1 fully saturated rings. The van der Waals surface area contributed by atoms with Gasteiger partial charge in [-0.25, -0.2) is 14.2 Å². The summed E-state index contributed by atoms with van der Waals surface area (Å²) in [5.74, 6) is 0.253. The molecular weight excluding hydrogens is 347 g/mol. The Labute approximate surface area is 158 Å². The number of aromatic nitrogens is 1. The van der Waals surface area contributed by atoms with Crippen molar-refractivity contribution in [2.75, 3.05) is 41.3 Å². The fourth-order valence-electron chi connectivity index (χ4n) is 2.97. The van der Waals surface area contributed by atoms with Gasteiger partial charge >= 0.3 is 6.09 Å². The van der Waals surface area contributed by atoms with E-state index in [1.165, 1.54) is 6.07 Å². The molecule has 0 unspecified atom stereocenters. The minimum atomic E-state index is -0.554. The number of pyridine rings is 1. The monoisotopic (exact) mass is 372 g/mol. The summed E-state index contributed by atoms with van der Waals surface area (Å²) in [6.45, 7) is 8.44. The van der Waals surface area contributed by atoms with Crippen molar-refractivity contribution in [2.45, 2.75) is 26.4 Å². The number of anilines is 3. The number of benzene rings is 1. The molecule has 0 atom stereocenters. The minimum Gasteiger partial charge on any atom is -0.444 e. The zero-order valence-corrected chi connectivity index (χ0v) is 15.9. The lowest BCUT2D eigenvalue weighted by molar-refractivity contribution is 0.0635. The van der Waals surface area contributed by atoms with Gasteiger partial charge in [-0.15, -0.1) is 0 Å². The number of rotatable bonds is 3. The van der Waals surface area contributed by atoms with Crippen LogP contribution in [-0.4, -0.2) is 42.9 Å². The van der Waals surface area contributed by atoms with Gasteiger partial charge in [0.1, 0.15) is 17.2 Å². The summed E-state index contributed by atoms with van der Waals surface area (Å²) in [5, 5.41) is 2.62. The average molecular weight is 372 g/mol. The highest BCUT2D eigenvalue weighted by molar-refractivity contribution is 5.83. The average Bonchev–Trinajstić information content (AvgIpc) is 2.61. The highest BCUT2D eigenvalue weighted by Gasteiger charge is 2.20. The molecule has 0 saturated carbocycles. The Morgan fingerprint density at radius 2 is 1.74 bits per heavy atom. The van der Waals surface area contributed by atoms with Crippen molar-refractivity contribution in [3.63, 3.8) is 0 Å². The largest absolute Gasteiger partial charge is 0.444 e. The van der Waals surface area contributed by atoms with Crippen LogP contribution in [0.5, 0.6) is 0 Å². The Morgan fingerprint density at radius 1 is 1.07 bits per heavy atom. The number of carbonyl (C=O) groups excluding carboxylic acids is 1. The molecule has 0 aliphatic carbocycles. The van der Waals surface area contributed by atoms with E-state index >= 15 is 0 Å². The summed E-state index contributed by atoms with van der Waals surface area (Å²) in [6, 6.07) is 10.5. The van der Waals surface area contributed by atoms with Gasteiger partial charge in [0.05, 0.1) is 17.6 Å². The fourth-order valence-corrected chi connectivity index (χ4v) is 2.97. The lowest BCUT2D eigenvalue weighted by Gasteiger charge is -2.37. The van der Waals surface area contributed by atoms with Crippen molar-refractivity contribution in [2.24, 2.45) is 0 Å². The molecule has 1 aromatic carbocycles. The van der Waals surface area contributed by atoms with E-state index in [2.05, 4.69) is 20.1 Å². The van der Waals surface area contributed by atoms with Gasteiger partial charge in [0, 0.05) is 26.2 Å². The molecule has 0 spiro atoms. The van der Waals surface area contributed by atoms with Crippen LogP contribution < -0.4 is 15.1 Å². The molecule has 144 valence electrons. The van der Waals surface area contributed by atoms with Gasteiger partial charge in [-0.1, -0.05) is 12.1 Å². The highest BCUT2D eigenvalue weighted by Crippen LogP contribution is 2.23. The summed E-state index contributed by atoms with van der Waals surface area (Å²) in [4.78, 5) is 20.3. The smallest absolute Gasteiger partial charge is 0.413 e. The van der Waals surface area contributed by atoms with Gasteiger partial charge in [0.2, 0.25) is 0 Å². The van der Waals surface area contributed by atoms with Crippen molar-refractivity contribution in [3.8, 4) is 0 Å². The van der Waals surface area contributed by atoms with Gasteiger partial charge in [0.15, 0.2) is 0 Å². The number of hydrogen-bond acceptors (Lipinski definition) is 5. The molecule has 1 aromatic heterocycles.